The number of rotatable bonds is 4. The van der Waals surface area contributed by atoms with Crippen molar-refractivity contribution in [2.75, 3.05) is 5.32 Å². The monoisotopic (exact) mass is 363 g/mol. The van der Waals surface area contributed by atoms with Gasteiger partial charge in [-0.3, -0.25) is 4.79 Å². The zero-order chi connectivity index (χ0) is 18.7. The molecule has 0 unspecified atom stereocenters. The lowest BCUT2D eigenvalue weighted by molar-refractivity contribution is -0.137. The minimum absolute atomic E-state index is 0.0649. The molecule has 3 rings (SSSR count). The molecule has 0 aliphatic heterocycles. The van der Waals surface area contributed by atoms with E-state index in [1.165, 1.54) is 41.3 Å². The van der Waals surface area contributed by atoms with Crippen molar-refractivity contribution in [3.63, 3.8) is 0 Å². The zero-order valence-electron chi connectivity index (χ0n) is 13.3. The fourth-order valence-corrected chi connectivity index (χ4v) is 2.43. The lowest BCUT2D eigenvalue weighted by atomic mass is 10.1. The van der Waals surface area contributed by atoms with Crippen LogP contribution in [-0.4, -0.2) is 15.7 Å². The number of carbonyl (C=O) groups is 1. The number of nitrogens with one attached hydrogen (secondary N) is 1. The molecule has 8 heteroatoms. The molecule has 0 aliphatic rings. The number of carbonyl (C=O) groups excluding carboxylic acids is 1. The van der Waals surface area contributed by atoms with E-state index in [0.29, 0.717) is 0 Å². The predicted octanol–water partition coefficient (Wildman–Crippen LogP) is 4.21. The normalized spacial score (nSPS) is 11.4. The first-order valence-corrected chi connectivity index (χ1v) is 7.59. The van der Waals surface area contributed by atoms with E-state index in [4.69, 9.17) is 0 Å². The number of hydrogen-bond donors (Lipinski definition) is 1. The number of hydrogen-bond acceptors (Lipinski definition) is 2. The van der Waals surface area contributed by atoms with E-state index in [2.05, 4.69) is 10.4 Å². The van der Waals surface area contributed by atoms with Crippen molar-refractivity contribution in [2.24, 2.45) is 0 Å². The maximum atomic E-state index is 13.7. The van der Waals surface area contributed by atoms with Gasteiger partial charge in [0, 0.05) is 12.4 Å². The summed E-state index contributed by atoms with van der Waals surface area (Å²) in [5.41, 5.74) is -0.554. The van der Waals surface area contributed by atoms with Crippen LogP contribution in [0.25, 0.3) is 5.69 Å². The second-order valence-corrected chi connectivity index (χ2v) is 5.50. The summed E-state index contributed by atoms with van der Waals surface area (Å²) < 4.78 is 54.0. The highest BCUT2D eigenvalue weighted by Crippen LogP contribution is 2.33. The van der Waals surface area contributed by atoms with Gasteiger partial charge in [0.25, 0.3) is 0 Å². The Morgan fingerprint density at radius 1 is 1.12 bits per heavy atom. The van der Waals surface area contributed by atoms with Gasteiger partial charge < -0.3 is 5.32 Å². The molecule has 0 saturated carbocycles. The molecular formula is C18H13F4N3O. The van der Waals surface area contributed by atoms with Gasteiger partial charge in [-0.1, -0.05) is 18.2 Å². The minimum atomic E-state index is -4.56. The van der Waals surface area contributed by atoms with Crippen LogP contribution in [0.2, 0.25) is 0 Å². The number of nitrogens with zero attached hydrogens (tertiary/aromatic N) is 2. The second kappa shape index (κ2) is 6.99. The third-order valence-corrected chi connectivity index (χ3v) is 3.66. The molecule has 0 saturated heterocycles. The Labute approximate surface area is 146 Å². The average molecular weight is 363 g/mol. The van der Waals surface area contributed by atoms with Crippen molar-refractivity contribution in [1.82, 2.24) is 9.78 Å². The van der Waals surface area contributed by atoms with Gasteiger partial charge in [0.1, 0.15) is 5.82 Å². The Balaban J connectivity index is 1.91. The maximum absolute atomic E-state index is 13.7. The molecule has 2 aromatic carbocycles. The van der Waals surface area contributed by atoms with E-state index in [1.54, 1.807) is 12.1 Å². The van der Waals surface area contributed by atoms with Crippen molar-refractivity contribution in [3.05, 3.63) is 77.9 Å². The van der Waals surface area contributed by atoms with Gasteiger partial charge in [-0.2, -0.15) is 18.3 Å². The Morgan fingerprint density at radius 2 is 1.88 bits per heavy atom. The smallest absolute Gasteiger partial charge is 0.324 e. The number of anilines is 1. The Morgan fingerprint density at radius 3 is 2.54 bits per heavy atom. The number of halogens is 4. The van der Waals surface area contributed by atoms with Crippen LogP contribution in [0.5, 0.6) is 0 Å². The van der Waals surface area contributed by atoms with Crippen molar-refractivity contribution in [3.8, 4) is 5.69 Å². The Hall–Kier alpha value is -3.16. The highest BCUT2D eigenvalue weighted by Gasteiger charge is 2.31. The molecule has 3 aromatic rings. The standard InChI is InChI=1S/C18H13F4N3O/c19-14-5-2-1-4-12(14)10-17(26)24-15-11-13(18(20,21)22)6-7-16(15)25-9-3-8-23-25/h1-9,11H,10H2,(H,24,26). The third kappa shape index (κ3) is 3.90. The Bertz CT molecular complexity index is 920. The van der Waals surface area contributed by atoms with Gasteiger partial charge in [0.05, 0.1) is 23.4 Å². The summed E-state index contributed by atoms with van der Waals surface area (Å²) in [5, 5.41) is 6.39. The van der Waals surface area contributed by atoms with E-state index in [0.717, 1.165) is 12.1 Å². The zero-order valence-corrected chi connectivity index (χ0v) is 13.3. The van der Waals surface area contributed by atoms with Crippen molar-refractivity contribution in [2.45, 2.75) is 12.6 Å². The summed E-state index contributed by atoms with van der Waals surface area (Å²) in [6, 6.07) is 10.3. The molecule has 1 N–H and O–H groups in total. The molecule has 26 heavy (non-hydrogen) atoms. The van der Waals surface area contributed by atoms with E-state index >= 15 is 0 Å². The van der Waals surface area contributed by atoms with Crippen LogP contribution in [0.3, 0.4) is 0 Å². The van der Waals surface area contributed by atoms with Gasteiger partial charge in [0.15, 0.2) is 0 Å². The molecule has 0 bridgehead atoms. The highest BCUT2D eigenvalue weighted by atomic mass is 19.4. The quantitative estimate of drug-likeness (QED) is 0.706. The molecule has 1 aromatic heterocycles. The summed E-state index contributed by atoms with van der Waals surface area (Å²) in [6.07, 6.45) is -1.87. The van der Waals surface area contributed by atoms with Gasteiger partial charge in [-0.25, -0.2) is 9.07 Å². The van der Waals surface area contributed by atoms with Crippen LogP contribution >= 0.6 is 0 Å². The van der Waals surface area contributed by atoms with Crippen LogP contribution in [0.15, 0.2) is 60.9 Å². The van der Waals surface area contributed by atoms with E-state index in [1.807, 2.05) is 0 Å². The summed E-state index contributed by atoms with van der Waals surface area (Å²) in [4.78, 5) is 12.2. The van der Waals surface area contributed by atoms with Gasteiger partial charge in [0.2, 0.25) is 5.91 Å². The third-order valence-electron chi connectivity index (χ3n) is 3.66. The van der Waals surface area contributed by atoms with Crippen LogP contribution < -0.4 is 5.32 Å². The molecule has 0 spiro atoms. The predicted molar refractivity (Wildman–Crippen MR) is 87.3 cm³/mol. The largest absolute Gasteiger partial charge is 0.416 e. The van der Waals surface area contributed by atoms with Crippen LogP contribution in [-0.2, 0) is 17.4 Å². The first-order valence-electron chi connectivity index (χ1n) is 7.59. The molecule has 4 nitrogen and oxygen atoms in total. The molecule has 0 radical (unpaired) electrons. The summed E-state index contributed by atoms with van der Waals surface area (Å²) in [7, 11) is 0. The van der Waals surface area contributed by atoms with Crippen molar-refractivity contribution in [1.29, 1.82) is 0 Å². The number of alkyl halides is 3. The SMILES string of the molecule is O=C(Cc1ccccc1F)Nc1cc(C(F)(F)F)ccc1-n1cccn1. The highest BCUT2D eigenvalue weighted by molar-refractivity contribution is 5.94. The topological polar surface area (TPSA) is 46.9 Å². The molecule has 0 atom stereocenters. The molecule has 0 aliphatic carbocycles. The molecule has 134 valence electrons. The van der Waals surface area contributed by atoms with E-state index < -0.39 is 23.5 Å². The van der Waals surface area contributed by atoms with Gasteiger partial charge >= 0.3 is 6.18 Å². The molecule has 1 heterocycles. The van der Waals surface area contributed by atoms with Crippen molar-refractivity contribution < 1.29 is 22.4 Å². The molecular weight excluding hydrogens is 350 g/mol. The van der Waals surface area contributed by atoms with Crippen LogP contribution in [0.4, 0.5) is 23.2 Å². The first-order chi connectivity index (χ1) is 12.3. The average Bonchev–Trinajstić information content (AvgIpc) is 3.10. The van der Waals surface area contributed by atoms with E-state index in [-0.39, 0.29) is 23.4 Å². The molecule has 1 amide bonds. The lowest BCUT2D eigenvalue weighted by Crippen LogP contribution is -2.18. The minimum Gasteiger partial charge on any atom is -0.324 e. The Kier molecular flexibility index (Phi) is 4.75. The van der Waals surface area contributed by atoms with Gasteiger partial charge in [-0.15, -0.1) is 0 Å². The van der Waals surface area contributed by atoms with Crippen LogP contribution in [0.1, 0.15) is 11.1 Å². The fraction of sp³-hybridized carbons (Fsp3) is 0.111. The van der Waals surface area contributed by atoms with E-state index in [9.17, 15) is 22.4 Å². The van der Waals surface area contributed by atoms with Gasteiger partial charge in [-0.05, 0) is 35.9 Å². The fourth-order valence-electron chi connectivity index (χ4n) is 2.43. The number of benzene rings is 2. The summed E-state index contributed by atoms with van der Waals surface area (Å²) in [6.45, 7) is 0. The maximum Gasteiger partial charge on any atom is 0.416 e. The van der Waals surface area contributed by atoms with Crippen molar-refractivity contribution >= 4 is 11.6 Å². The summed E-state index contributed by atoms with van der Waals surface area (Å²) >= 11 is 0. The summed E-state index contributed by atoms with van der Waals surface area (Å²) in [5.74, 6) is -1.19. The lowest BCUT2D eigenvalue weighted by Gasteiger charge is -2.15. The second-order valence-electron chi connectivity index (χ2n) is 5.50. The molecule has 0 fully saturated rings. The van der Waals surface area contributed by atoms with Crippen LogP contribution in [0, 0.1) is 5.82 Å². The number of amides is 1. The number of aromatic nitrogens is 2. The first kappa shape index (κ1) is 17.7.